The first-order valence-corrected chi connectivity index (χ1v) is 10.2. The Morgan fingerprint density at radius 2 is 1.80 bits per heavy atom. The van der Waals surface area contributed by atoms with Crippen molar-refractivity contribution in [2.75, 3.05) is 13.2 Å². The summed E-state index contributed by atoms with van der Waals surface area (Å²) in [6.45, 7) is 3.09. The highest BCUT2D eigenvalue weighted by Gasteiger charge is 2.52. The average Bonchev–Trinajstić information content (AvgIpc) is 3.37. The third-order valence-electron chi connectivity index (χ3n) is 5.28. The number of nitrogens with zero attached hydrogens (tertiary/aromatic N) is 1. The van der Waals surface area contributed by atoms with Gasteiger partial charge in [-0.1, -0.05) is 48.0 Å². The second-order valence-corrected chi connectivity index (χ2v) is 9.11. The molecule has 4 rings (SSSR count). The summed E-state index contributed by atoms with van der Waals surface area (Å²) in [5, 5.41) is 0. The molecule has 2 aliphatic rings. The van der Waals surface area contributed by atoms with Crippen molar-refractivity contribution in [3.05, 3.63) is 65.7 Å². The van der Waals surface area contributed by atoms with Gasteiger partial charge in [0.2, 0.25) is 10.0 Å². The standard InChI is InChI=1S/C20H23NO3S/c1-16-7-9-19(10-8-16)25(22,23)21-14-20(15-24-20)12-11-18(21)13-17-5-3-2-4-6-17/h2-10,18H,11-15H2,1H3/t18-,20+/m1/s1. The first kappa shape index (κ1) is 16.8. The summed E-state index contributed by atoms with van der Waals surface area (Å²) in [7, 11) is -3.53. The molecular formula is C20H23NO3S. The highest BCUT2D eigenvalue weighted by Crippen LogP contribution is 2.41. The van der Waals surface area contributed by atoms with Crippen LogP contribution in [0.5, 0.6) is 0 Å². The summed E-state index contributed by atoms with van der Waals surface area (Å²) in [6.07, 6.45) is 2.51. The second-order valence-electron chi connectivity index (χ2n) is 7.22. The molecule has 2 saturated heterocycles. The quantitative estimate of drug-likeness (QED) is 0.790. The van der Waals surface area contributed by atoms with Crippen molar-refractivity contribution in [3.63, 3.8) is 0 Å². The maximum Gasteiger partial charge on any atom is 0.243 e. The van der Waals surface area contributed by atoms with Gasteiger partial charge in [-0.2, -0.15) is 4.31 Å². The van der Waals surface area contributed by atoms with Crippen LogP contribution in [0, 0.1) is 6.92 Å². The minimum atomic E-state index is -3.53. The highest BCUT2D eigenvalue weighted by atomic mass is 32.2. The maximum absolute atomic E-state index is 13.3. The minimum Gasteiger partial charge on any atom is -0.368 e. The molecule has 132 valence electrons. The van der Waals surface area contributed by atoms with E-state index in [0.29, 0.717) is 18.0 Å². The van der Waals surface area contributed by atoms with E-state index in [0.717, 1.165) is 24.8 Å². The molecule has 5 heteroatoms. The lowest BCUT2D eigenvalue weighted by atomic mass is 9.91. The first-order chi connectivity index (χ1) is 12.0. The lowest BCUT2D eigenvalue weighted by Gasteiger charge is -2.37. The van der Waals surface area contributed by atoms with Gasteiger partial charge in [-0.3, -0.25) is 0 Å². The van der Waals surface area contributed by atoms with Crippen molar-refractivity contribution in [1.82, 2.24) is 4.31 Å². The van der Waals surface area contributed by atoms with Gasteiger partial charge in [0.05, 0.1) is 11.5 Å². The second kappa shape index (κ2) is 6.24. The summed E-state index contributed by atoms with van der Waals surface area (Å²) in [6, 6.07) is 17.2. The number of benzene rings is 2. The molecule has 4 nitrogen and oxygen atoms in total. The zero-order chi connectivity index (χ0) is 17.5. The van der Waals surface area contributed by atoms with Crippen LogP contribution in [0.15, 0.2) is 59.5 Å². The molecule has 2 atom stereocenters. The molecule has 0 amide bonds. The van der Waals surface area contributed by atoms with E-state index in [9.17, 15) is 8.42 Å². The number of sulfonamides is 1. The molecule has 2 aromatic carbocycles. The Balaban J connectivity index is 1.65. The zero-order valence-corrected chi connectivity index (χ0v) is 15.2. The molecule has 0 radical (unpaired) electrons. The van der Waals surface area contributed by atoms with Gasteiger partial charge in [0.25, 0.3) is 0 Å². The Morgan fingerprint density at radius 3 is 2.44 bits per heavy atom. The molecule has 0 N–H and O–H groups in total. The number of hydrogen-bond acceptors (Lipinski definition) is 3. The fraction of sp³-hybridized carbons (Fsp3) is 0.400. The van der Waals surface area contributed by atoms with Gasteiger partial charge in [0, 0.05) is 12.6 Å². The highest BCUT2D eigenvalue weighted by molar-refractivity contribution is 7.89. The lowest BCUT2D eigenvalue weighted by molar-refractivity contribution is 0.149. The topological polar surface area (TPSA) is 49.9 Å². The fourth-order valence-electron chi connectivity index (χ4n) is 3.62. The maximum atomic E-state index is 13.3. The molecule has 1 spiro atoms. The summed E-state index contributed by atoms with van der Waals surface area (Å²) in [4.78, 5) is 0.369. The lowest BCUT2D eigenvalue weighted by Crippen LogP contribution is -2.51. The smallest absolute Gasteiger partial charge is 0.243 e. The molecule has 0 aliphatic carbocycles. The van der Waals surface area contributed by atoms with Gasteiger partial charge in [-0.25, -0.2) is 8.42 Å². The van der Waals surface area contributed by atoms with Crippen LogP contribution < -0.4 is 0 Å². The van der Waals surface area contributed by atoms with Gasteiger partial charge in [0.15, 0.2) is 0 Å². The van der Waals surface area contributed by atoms with Crippen molar-refractivity contribution in [3.8, 4) is 0 Å². The van der Waals surface area contributed by atoms with Crippen molar-refractivity contribution < 1.29 is 13.2 Å². The predicted octanol–water partition coefficient (Wildman–Crippen LogP) is 3.16. The molecule has 2 aliphatic heterocycles. The summed E-state index contributed by atoms with van der Waals surface area (Å²) in [5.74, 6) is 0. The van der Waals surface area contributed by atoms with E-state index in [1.54, 1.807) is 16.4 Å². The molecule has 0 aromatic heterocycles. The molecule has 0 unspecified atom stereocenters. The van der Waals surface area contributed by atoms with Crippen LogP contribution in [0.25, 0.3) is 0 Å². The number of piperidine rings is 1. The number of rotatable bonds is 4. The predicted molar refractivity (Wildman–Crippen MR) is 96.9 cm³/mol. The summed E-state index contributed by atoms with van der Waals surface area (Å²) < 4.78 is 33.9. The van der Waals surface area contributed by atoms with Crippen LogP contribution in [0.2, 0.25) is 0 Å². The van der Waals surface area contributed by atoms with Crippen molar-refractivity contribution in [2.45, 2.75) is 42.7 Å². The molecule has 2 heterocycles. The van der Waals surface area contributed by atoms with Crippen LogP contribution in [-0.2, 0) is 21.2 Å². The van der Waals surface area contributed by atoms with E-state index in [4.69, 9.17) is 4.74 Å². The Labute approximate surface area is 149 Å². The van der Waals surface area contributed by atoms with E-state index >= 15 is 0 Å². The van der Waals surface area contributed by atoms with Gasteiger partial charge >= 0.3 is 0 Å². The van der Waals surface area contributed by atoms with Crippen molar-refractivity contribution >= 4 is 10.0 Å². The minimum absolute atomic E-state index is 0.0245. The number of ether oxygens (including phenoxy) is 1. The van der Waals surface area contributed by atoms with Gasteiger partial charge in [-0.05, 0) is 43.9 Å². The Bertz CT molecular complexity index is 842. The largest absolute Gasteiger partial charge is 0.368 e. The number of hydrogen-bond donors (Lipinski definition) is 0. The Morgan fingerprint density at radius 1 is 1.12 bits per heavy atom. The van der Waals surface area contributed by atoms with Crippen LogP contribution in [0.3, 0.4) is 0 Å². The molecular weight excluding hydrogens is 334 g/mol. The SMILES string of the molecule is Cc1ccc(S(=O)(=O)N2C[C@@]3(CC[C@@H]2Cc2ccccc2)CO3)cc1. The van der Waals surface area contributed by atoms with Crippen molar-refractivity contribution in [2.24, 2.45) is 0 Å². The van der Waals surface area contributed by atoms with E-state index in [2.05, 4.69) is 12.1 Å². The van der Waals surface area contributed by atoms with Crippen LogP contribution >= 0.6 is 0 Å². The number of aryl methyl sites for hydroxylation is 1. The van der Waals surface area contributed by atoms with Crippen LogP contribution in [0.4, 0.5) is 0 Å². The van der Waals surface area contributed by atoms with E-state index in [1.165, 1.54) is 5.56 Å². The summed E-state index contributed by atoms with van der Waals surface area (Å²) in [5.41, 5.74) is 1.98. The van der Waals surface area contributed by atoms with Gasteiger partial charge in [-0.15, -0.1) is 0 Å². The van der Waals surface area contributed by atoms with E-state index in [1.807, 2.05) is 37.3 Å². The van der Waals surface area contributed by atoms with Crippen molar-refractivity contribution in [1.29, 1.82) is 0 Å². The molecule has 25 heavy (non-hydrogen) atoms. The third kappa shape index (κ3) is 3.36. The first-order valence-electron chi connectivity index (χ1n) is 8.75. The average molecular weight is 357 g/mol. The molecule has 2 aromatic rings. The Kier molecular flexibility index (Phi) is 4.18. The molecule has 0 bridgehead atoms. The Hall–Kier alpha value is -1.69. The van der Waals surface area contributed by atoms with Crippen LogP contribution in [0.1, 0.15) is 24.0 Å². The normalized spacial score (nSPS) is 26.7. The fourth-order valence-corrected chi connectivity index (χ4v) is 5.35. The monoisotopic (exact) mass is 357 g/mol. The van der Waals surface area contributed by atoms with Gasteiger partial charge in [0.1, 0.15) is 5.60 Å². The molecule has 2 fully saturated rings. The molecule has 0 saturated carbocycles. The summed E-state index contributed by atoms with van der Waals surface area (Å²) >= 11 is 0. The third-order valence-corrected chi connectivity index (χ3v) is 7.19. The number of epoxide rings is 1. The van der Waals surface area contributed by atoms with Crippen LogP contribution in [-0.4, -0.2) is 37.5 Å². The van der Waals surface area contributed by atoms with Gasteiger partial charge < -0.3 is 4.74 Å². The zero-order valence-electron chi connectivity index (χ0n) is 14.4. The van der Waals surface area contributed by atoms with E-state index in [-0.39, 0.29) is 11.6 Å². The van der Waals surface area contributed by atoms with E-state index < -0.39 is 10.0 Å².